The second-order valence-electron chi connectivity index (χ2n) is 6.74. The largest absolute Gasteiger partial charge is 0.370 e. The highest BCUT2D eigenvalue weighted by Gasteiger charge is 2.23. The molecule has 0 bridgehead atoms. The summed E-state index contributed by atoms with van der Waals surface area (Å²) in [4.78, 5) is 27.6. The number of benzene rings is 1. The van der Waals surface area contributed by atoms with E-state index in [4.69, 9.17) is 5.73 Å². The van der Waals surface area contributed by atoms with Gasteiger partial charge in [-0.1, -0.05) is 18.2 Å². The fraction of sp³-hybridized carbons (Fsp3) is 0.421. The molecule has 2 aliphatic rings. The number of aryl methyl sites for hydroxylation is 1. The molecular weight excluding hydrogens is 487 g/mol. The van der Waals surface area contributed by atoms with Gasteiger partial charge in [0.05, 0.1) is 0 Å². The lowest BCUT2D eigenvalue weighted by atomic mass is 10.0. The van der Waals surface area contributed by atoms with E-state index in [2.05, 4.69) is 20.9 Å². The average Bonchev–Trinajstić information content (AvgIpc) is 3.26. The molecule has 2 aliphatic heterocycles. The van der Waals surface area contributed by atoms with E-state index in [0.717, 1.165) is 56.4 Å². The number of nitrogens with zero attached hydrogens (tertiary/aromatic N) is 5. The normalized spacial score (nSPS) is 17.1. The predicted molar refractivity (Wildman–Crippen MR) is 125 cm³/mol. The number of amides is 1. The second-order valence-corrected chi connectivity index (χ2v) is 7.61. The molecule has 150 valence electrons. The Bertz CT molecular complexity index is 820. The van der Waals surface area contributed by atoms with Crippen LogP contribution in [0, 0.1) is 0 Å². The summed E-state index contributed by atoms with van der Waals surface area (Å²) in [7, 11) is 0. The Morgan fingerprint density at radius 3 is 2.71 bits per heavy atom. The molecule has 0 spiro atoms. The number of hydrogen-bond acceptors (Lipinski definition) is 5. The Balaban J connectivity index is 0.00000225. The fourth-order valence-electron chi connectivity index (χ4n) is 3.63. The maximum Gasteiger partial charge on any atom is 0.248 e. The first-order valence-electron chi connectivity index (χ1n) is 9.30. The highest BCUT2D eigenvalue weighted by molar-refractivity contribution is 14.0. The Hall–Kier alpha value is -1.88. The lowest BCUT2D eigenvalue weighted by Crippen LogP contribution is -2.51. The standard InChI is InChI=1S/C19H24N6OS.HI/c20-18(23-9-11-24(12-10-23)19-21-7-13-27-19)22-14-17(26)25-8-3-5-15-4-1-2-6-16(15)25;/h1-2,4,6-7,13H,3,5,8-12,14H2,(H2,20,22);1H. The van der Waals surface area contributed by atoms with E-state index in [-0.39, 0.29) is 36.4 Å². The fourth-order valence-corrected chi connectivity index (χ4v) is 4.32. The summed E-state index contributed by atoms with van der Waals surface area (Å²) < 4.78 is 0. The molecule has 28 heavy (non-hydrogen) atoms. The van der Waals surface area contributed by atoms with Crippen molar-refractivity contribution < 1.29 is 4.79 Å². The lowest BCUT2D eigenvalue weighted by Gasteiger charge is -2.35. The SMILES string of the molecule is I.NC(=NCC(=O)N1CCCc2ccccc21)N1CCN(c2nccs2)CC1. The van der Waals surface area contributed by atoms with Crippen molar-refractivity contribution in [1.82, 2.24) is 9.88 Å². The molecule has 1 amide bonds. The number of carbonyl (C=O) groups excluding carboxylic acids is 1. The van der Waals surface area contributed by atoms with Gasteiger partial charge in [0.2, 0.25) is 5.91 Å². The average molecular weight is 512 g/mol. The third kappa shape index (κ3) is 4.57. The molecule has 1 saturated heterocycles. The molecule has 0 unspecified atom stereocenters. The molecule has 0 saturated carbocycles. The van der Waals surface area contributed by atoms with Crippen LogP contribution in [0.4, 0.5) is 10.8 Å². The quantitative estimate of drug-likeness (QED) is 0.388. The van der Waals surface area contributed by atoms with Gasteiger partial charge in [0.25, 0.3) is 0 Å². The molecule has 1 aromatic heterocycles. The van der Waals surface area contributed by atoms with Crippen molar-refractivity contribution in [2.45, 2.75) is 12.8 Å². The Morgan fingerprint density at radius 1 is 1.18 bits per heavy atom. The van der Waals surface area contributed by atoms with Crippen LogP contribution < -0.4 is 15.5 Å². The van der Waals surface area contributed by atoms with Crippen molar-refractivity contribution in [1.29, 1.82) is 0 Å². The van der Waals surface area contributed by atoms with Crippen LogP contribution in [0.2, 0.25) is 0 Å². The van der Waals surface area contributed by atoms with Crippen LogP contribution in [-0.2, 0) is 11.2 Å². The van der Waals surface area contributed by atoms with E-state index in [9.17, 15) is 4.79 Å². The molecule has 9 heteroatoms. The van der Waals surface area contributed by atoms with Crippen molar-refractivity contribution in [2.75, 3.05) is 49.1 Å². The maximum absolute atomic E-state index is 12.7. The highest BCUT2D eigenvalue weighted by Crippen LogP contribution is 2.26. The minimum Gasteiger partial charge on any atom is -0.370 e. The zero-order valence-corrected chi connectivity index (χ0v) is 18.8. The molecule has 7 nitrogen and oxygen atoms in total. The smallest absolute Gasteiger partial charge is 0.248 e. The predicted octanol–water partition coefficient (Wildman–Crippen LogP) is 2.18. The number of thiazole rings is 1. The highest BCUT2D eigenvalue weighted by atomic mass is 127. The minimum atomic E-state index is 0. The topological polar surface area (TPSA) is 78.1 Å². The van der Waals surface area contributed by atoms with Crippen LogP contribution in [0.15, 0.2) is 40.8 Å². The number of carbonyl (C=O) groups is 1. The van der Waals surface area contributed by atoms with E-state index >= 15 is 0 Å². The molecular formula is C19H25IN6OS. The van der Waals surface area contributed by atoms with Crippen molar-refractivity contribution >= 4 is 58.0 Å². The molecule has 1 aromatic carbocycles. The number of piperazine rings is 1. The van der Waals surface area contributed by atoms with E-state index in [1.807, 2.05) is 39.6 Å². The Morgan fingerprint density at radius 2 is 1.96 bits per heavy atom. The van der Waals surface area contributed by atoms with E-state index in [1.165, 1.54) is 5.56 Å². The van der Waals surface area contributed by atoms with Gasteiger partial charge in [-0.2, -0.15) is 0 Å². The minimum absolute atomic E-state index is 0. The van der Waals surface area contributed by atoms with Crippen LogP contribution in [0.1, 0.15) is 12.0 Å². The number of aromatic nitrogens is 1. The van der Waals surface area contributed by atoms with Crippen molar-refractivity contribution in [2.24, 2.45) is 10.7 Å². The zero-order chi connectivity index (χ0) is 18.6. The number of fused-ring (bicyclic) bond motifs is 1. The van der Waals surface area contributed by atoms with Crippen LogP contribution in [0.3, 0.4) is 0 Å². The summed E-state index contributed by atoms with van der Waals surface area (Å²) in [5.74, 6) is 0.457. The molecule has 0 radical (unpaired) electrons. The van der Waals surface area contributed by atoms with Crippen molar-refractivity contribution in [3.05, 3.63) is 41.4 Å². The van der Waals surface area contributed by atoms with Gasteiger partial charge in [-0.3, -0.25) is 4.79 Å². The second kappa shape index (κ2) is 9.55. The van der Waals surface area contributed by atoms with Crippen LogP contribution >= 0.6 is 35.3 Å². The Labute approximate surface area is 186 Å². The van der Waals surface area contributed by atoms with Gasteiger partial charge in [-0.15, -0.1) is 35.3 Å². The number of aliphatic imine (C=N–C) groups is 1. The number of nitrogens with two attached hydrogens (primary N) is 1. The number of rotatable bonds is 3. The number of para-hydroxylation sites is 1. The third-order valence-corrected chi connectivity index (χ3v) is 5.91. The number of hydrogen-bond donors (Lipinski definition) is 1. The molecule has 2 N–H and O–H groups in total. The van der Waals surface area contributed by atoms with E-state index in [0.29, 0.717) is 5.96 Å². The van der Waals surface area contributed by atoms with Gasteiger partial charge in [-0.05, 0) is 24.5 Å². The molecule has 1 fully saturated rings. The monoisotopic (exact) mass is 512 g/mol. The Kier molecular flexibility index (Phi) is 7.11. The first kappa shape index (κ1) is 20.8. The van der Waals surface area contributed by atoms with Crippen molar-refractivity contribution in [3.63, 3.8) is 0 Å². The lowest BCUT2D eigenvalue weighted by molar-refractivity contribution is -0.117. The van der Waals surface area contributed by atoms with E-state index in [1.54, 1.807) is 11.3 Å². The number of anilines is 2. The zero-order valence-electron chi connectivity index (χ0n) is 15.7. The van der Waals surface area contributed by atoms with Crippen molar-refractivity contribution in [3.8, 4) is 0 Å². The molecule has 0 atom stereocenters. The van der Waals surface area contributed by atoms with Crippen LogP contribution in [0.25, 0.3) is 0 Å². The number of guanidine groups is 1. The third-order valence-electron chi connectivity index (χ3n) is 5.08. The molecule has 2 aromatic rings. The van der Waals surface area contributed by atoms with Gasteiger partial charge >= 0.3 is 0 Å². The summed E-state index contributed by atoms with van der Waals surface area (Å²) in [5, 5.41) is 3.03. The summed E-state index contributed by atoms with van der Waals surface area (Å²) in [5.41, 5.74) is 8.40. The summed E-state index contributed by atoms with van der Waals surface area (Å²) in [6.45, 7) is 4.13. The summed E-state index contributed by atoms with van der Waals surface area (Å²) >= 11 is 1.65. The van der Waals surface area contributed by atoms with Crippen LogP contribution in [0.5, 0.6) is 0 Å². The number of halogens is 1. The molecule has 0 aliphatic carbocycles. The summed E-state index contributed by atoms with van der Waals surface area (Å²) in [6.07, 6.45) is 3.84. The van der Waals surface area contributed by atoms with Gasteiger partial charge in [0.15, 0.2) is 11.1 Å². The van der Waals surface area contributed by atoms with E-state index < -0.39 is 0 Å². The van der Waals surface area contributed by atoms with Gasteiger partial charge in [-0.25, -0.2) is 9.98 Å². The van der Waals surface area contributed by atoms with Gasteiger partial charge in [0, 0.05) is 50.0 Å². The first-order valence-corrected chi connectivity index (χ1v) is 10.2. The molecule has 4 rings (SSSR count). The van der Waals surface area contributed by atoms with Gasteiger partial charge in [0.1, 0.15) is 6.54 Å². The maximum atomic E-state index is 12.7. The van der Waals surface area contributed by atoms with Crippen LogP contribution in [-0.4, -0.2) is 61.0 Å². The first-order chi connectivity index (χ1) is 13.2. The van der Waals surface area contributed by atoms with Gasteiger partial charge < -0.3 is 20.4 Å². The summed E-state index contributed by atoms with van der Waals surface area (Å²) in [6, 6.07) is 8.10. The molecule has 3 heterocycles.